The van der Waals surface area contributed by atoms with E-state index in [4.69, 9.17) is 9.47 Å². The van der Waals surface area contributed by atoms with E-state index in [-0.39, 0.29) is 51.8 Å². The molecule has 0 heterocycles. The fourth-order valence-corrected chi connectivity index (χ4v) is 1.04. The minimum Gasteiger partial charge on any atom is -0.458 e. The zero-order chi connectivity index (χ0) is 14.3. The summed E-state index contributed by atoms with van der Waals surface area (Å²) < 4.78 is 9.91. The zero-order valence-electron chi connectivity index (χ0n) is 11.8. The minimum absolute atomic E-state index is 0. The number of esters is 2. The highest BCUT2D eigenvalue weighted by Crippen LogP contribution is 2.00. The Morgan fingerprint density at radius 3 is 1.25 bits per heavy atom. The van der Waals surface area contributed by atoms with Gasteiger partial charge in [0.05, 0.1) is 0 Å². The lowest BCUT2D eigenvalue weighted by atomic mass is 10.1. The highest BCUT2D eigenvalue weighted by Gasteiger charge is 2.24. The van der Waals surface area contributed by atoms with E-state index in [0.717, 1.165) is 0 Å². The molecule has 0 saturated heterocycles. The second-order valence-electron chi connectivity index (χ2n) is 5.04. The highest BCUT2D eigenvalue weighted by molar-refractivity contribution is 5.75. The molecule has 0 amide bonds. The number of carbonyl (C=O) groups excluding carboxylic acids is 2. The molecule has 0 rings (SSSR count). The van der Waals surface area contributed by atoms with Crippen LogP contribution in [0, 0.1) is 11.8 Å². The number of quaternary nitrogens is 2. The number of hydrogen-bond acceptors (Lipinski definition) is 4. The maximum atomic E-state index is 11.4. The predicted molar refractivity (Wildman–Crippen MR) is 78.4 cm³/mol. The molecule has 6 N–H and O–H groups in total. The van der Waals surface area contributed by atoms with Crippen LogP contribution in [0.5, 0.6) is 0 Å². The molecule has 0 unspecified atom stereocenters. The number of hydrogen-bond donors (Lipinski definition) is 2. The summed E-state index contributed by atoms with van der Waals surface area (Å²) in [6, 6.07) is -0.783. The smallest absolute Gasteiger partial charge is 0.365 e. The number of rotatable bonds is 7. The third kappa shape index (κ3) is 8.87. The van der Waals surface area contributed by atoms with E-state index in [0.29, 0.717) is 0 Å². The summed E-state index contributed by atoms with van der Waals surface area (Å²) in [6.07, 6.45) is 0. The molecule has 122 valence electrons. The third-order valence-electron chi connectivity index (χ3n) is 2.79. The van der Waals surface area contributed by atoms with Gasteiger partial charge in [0.15, 0.2) is 12.1 Å². The van der Waals surface area contributed by atoms with Gasteiger partial charge >= 0.3 is 11.9 Å². The Labute approximate surface area is 123 Å². The monoisotopic (exact) mass is 294 g/mol. The summed E-state index contributed by atoms with van der Waals surface area (Å²) in [7, 11) is 0. The summed E-state index contributed by atoms with van der Waals surface area (Å²) in [5.74, 6) is -0.470. The topological polar surface area (TPSA) is 108 Å². The van der Waals surface area contributed by atoms with Gasteiger partial charge in [-0.3, -0.25) is 0 Å². The molecule has 0 saturated carbocycles. The number of ether oxygens (including phenoxy) is 2. The molecule has 0 aliphatic carbocycles. The molecule has 20 heavy (non-hydrogen) atoms. The van der Waals surface area contributed by atoms with Crippen molar-refractivity contribution >= 4 is 11.9 Å². The van der Waals surface area contributed by atoms with Crippen molar-refractivity contribution in [1.29, 1.82) is 0 Å². The van der Waals surface area contributed by atoms with Crippen molar-refractivity contribution in [1.82, 2.24) is 0 Å². The minimum atomic E-state index is -0.392. The second kappa shape index (κ2) is 11.7. The molecule has 0 aliphatic heterocycles. The van der Waals surface area contributed by atoms with E-state index >= 15 is 0 Å². The summed E-state index contributed by atoms with van der Waals surface area (Å²) in [5.41, 5.74) is 7.42. The van der Waals surface area contributed by atoms with Gasteiger partial charge in [-0.2, -0.15) is 0 Å². The van der Waals surface area contributed by atoms with Gasteiger partial charge in [0, 0.05) is 11.8 Å². The average Bonchev–Trinajstić information content (AvgIpc) is 2.31. The van der Waals surface area contributed by atoms with E-state index in [1.165, 1.54) is 0 Å². The molecular formula is C14H34N2O4+2. The molecule has 0 spiro atoms. The van der Waals surface area contributed by atoms with E-state index in [1.54, 1.807) is 0 Å². The van der Waals surface area contributed by atoms with Crippen LogP contribution in [0.4, 0.5) is 0 Å². The first-order chi connectivity index (χ1) is 8.27. The van der Waals surface area contributed by atoms with Crippen molar-refractivity contribution in [3.63, 3.8) is 0 Å². The molecule has 0 aromatic carbocycles. The van der Waals surface area contributed by atoms with Crippen molar-refractivity contribution in [3.8, 4) is 0 Å². The Bertz CT molecular complexity index is 252. The Morgan fingerprint density at radius 1 is 0.800 bits per heavy atom. The van der Waals surface area contributed by atoms with Gasteiger partial charge in [0.2, 0.25) is 0 Å². The largest absolute Gasteiger partial charge is 0.458 e. The normalized spacial score (nSPS) is 13.0. The highest BCUT2D eigenvalue weighted by atomic mass is 16.6. The van der Waals surface area contributed by atoms with Crippen molar-refractivity contribution in [2.75, 3.05) is 13.2 Å². The van der Waals surface area contributed by atoms with Crippen LogP contribution in [0.2, 0.25) is 0 Å². The molecule has 6 heteroatoms. The lowest BCUT2D eigenvalue weighted by Crippen LogP contribution is -2.68. The van der Waals surface area contributed by atoms with Crippen LogP contribution in [-0.2, 0) is 19.1 Å². The molecule has 0 fully saturated rings. The van der Waals surface area contributed by atoms with Crippen molar-refractivity contribution in [2.45, 2.75) is 54.6 Å². The lowest BCUT2D eigenvalue weighted by Gasteiger charge is -2.13. The van der Waals surface area contributed by atoms with Crippen molar-refractivity contribution in [2.24, 2.45) is 11.8 Å². The molecule has 0 aromatic heterocycles. The Hall–Kier alpha value is -1.14. The summed E-state index contributed by atoms with van der Waals surface area (Å²) >= 11 is 0. The molecule has 6 nitrogen and oxygen atoms in total. The first-order valence-electron chi connectivity index (χ1n) is 6.26. The molecule has 0 bridgehead atoms. The van der Waals surface area contributed by atoms with Gasteiger partial charge in [0.1, 0.15) is 13.2 Å². The molecule has 2 atom stereocenters. The maximum Gasteiger partial charge on any atom is 0.365 e. The quantitative estimate of drug-likeness (QED) is 0.504. The third-order valence-corrected chi connectivity index (χ3v) is 2.79. The van der Waals surface area contributed by atoms with Crippen LogP contribution < -0.4 is 11.5 Å². The summed E-state index contributed by atoms with van der Waals surface area (Å²) in [6.45, 7) is 7.72. The molecule has 0 aliphatic rings. The summed E-state index contributed by atoms with van der Waals surface area (Å²) in [4.78, 5) is 22.9. The number of carbonyl (C=O) groups is 2. The van der Waals surface area contributed by atoms with Crippen LogP contribution in [0.15, 0.2) is 0 Å². The van der Waals surface area contributed by atoms with Gasteiger partial charge < -0.3 is 20.9 Å². The Balaban J connectivity index is -0.00000144. The van der Waals surface area contributed by atoms with E-state index < -0.39 is 12.1 Å². The van der Waals surface area contributed by atoms with E-state index in [1.807, 2.05) is 27.7 Å². The maximum absolute atomic E-state index is 11.4. The predicted octanol–water partition coefficient (Wildman–Crippen LogP) is -0.122. The Morgan fingerprint density at radius 2 is 1.05 bits per heavy atom. The fraction of sp³-hybridized carbons (Fsp3) is 0.857. The Kier molecular flexibility index (Phi) is 14.0. The SMILES string of the molecule is C.C.CC(C)[C@H]([NH3+])C(=O)OCCOC(=O)[C@@H]([NH3+])C(C)C. The standard InChI is InChI=1S/C12H24N2O4.2CH4/c1-7(2)9(13)11(15)17-5-6-18-12(16)10(14)8(3)4;;/h7-10H,5-6,13-14H2,1-4H3;2*1H4/p+2/t9-,10-;;/m0../s1. The van der Waals surface area contributed by atoms with E-state index in [9.17, 15) is 9.59 Å². The van der Waals surface area contributed by atoms with Gasteiger partial charge in [-0.1, -0.05) is 42.5 Å². The van der Waals surface area contributed by atoms with Crippen molar-refractivity contribution in [3.05, 3.63) is 0 Å². The average molecular weight is 294 g/mol. The van der Waals surface area contributed by atoms with Gasteiger partial charge in [-0.15, -0.1) is 0 Å². The first-order valence-corrected chi connectivity index (χ1v) is 6.26. The first kappa shape index (κ1) is 23.9. The molecule has 0 radical (unpaired) electrons. The van der Waals surface area contributed by atoms with E-state index in [2.05, 4.69) is 11.5 Å². The van der Waals surface area contributed by atoms with Crippen LogP contribution in [-0.4, -0.2) is 37.2 Å². The zero-order valence-corrected chi connectivity index (χ0v) is 11.8. The van der Waals surface area contributed by atoms with Gasteiger partial charge in [-0.25, -0.2) is 9.59 Å². The van der Waals surface area contributed by atoms with Crippen LogP contribution >= 0.6 is 0 Å². The van der Waals surface area contributed by atoms with Crippen molar-refractivity contribution < 1.29 is 30.5 Å². The van der Waals surface area contributed by atoms with Crippen LogP contribution in [0.25, 0.3) is 0 Å². The lowest BCUT2D eigenvalue weighted by molar-refractivity contribution is -0.419. The molecular weight excluding hydrogens is 260 g/mol. The molecule has 0 aromatic rings. The van der Waals surface area contributed by atoms with Gasteiger partial charge in [0.25, 0.3) is 0 Å². The van der Waals surface area contributed by atoms with Crippen LogP contribution in [0.3, 0.4) is 0 Å². The summed E-state index contributed by atoms with van der Waals surface area (Å²) in [5, 5.41) is 0. The van der Waals surface area contributed by atoms with Crippen LogP contribution in [0.1, 0.15) is 42.5 Å². The fourth-order valence-electron chi connectivity index (χ4n) is 1.04. The second-order valence-corrected chi connectivity index (χ2v) is 5.04. The van der Waals surface area contributed by atoms with Gasteiger partial charge in [-0.05, 0) is 0 Å².